The standard InChI is InChI=1S/C18H23FN4OS/c1-22(2)18-21-15(12-25-18)11-20-17(24)23-10-4-3-5-16(23)13-6-8-14(19)9-7-13/h6-9,12,16H,3-5,10-11H2,1-2H3,(H,20,24)/t16-/m1/s1. The second kappa shape index (κ2) is 7.82. The maximum Gasteiger partial charge on any atom is 0.318 e. The van der Waals surface area contributed by atoms with Crippen molar-refractivity contribution >= 4 is 22.5 Å². The van der Waals surface area contributed by atoms with Crippen LogP contribution in [0.4, 0.5) is 14.3 Å². The first-order chi connectivity index (χ1) is 12.0. The number of benzene rings is 1. The molecule has 5 nitrogen and oxygen atoms in total. The van der Waals surface area contributed by atoms with E-state index in [4.69, 9.17) is 0 Å². The minimum Gasteiger partial charge on any atom is -0.354 e. The fourth-order valence-electron chi connectivity index (χ4n) is 3.06. The van der Waals surface area contributed by atoms with Crippen molar-refractivity contribution in [2.45, 2.75) is 31.8 Å². The highest BCUT2D eigenvalue weighted by Crippen LogP contribution is 2.31. The normalized spacial score (nSPS) is 17.4. The second-order valence-corrected chi connectivity index (χ2v) is 7.27. The minimum atomic E-state index is -0.254. The van der Waals surface area contributed by atoms with E-state index in [2.05, 4.69) is 10.3 Å². The zero-order chi connectivity index (χ0) is 17.8. The monoisotopic (exact) mass is 362 g/mol. The lowest BCUT2D eigenvalue weighted by atomic mass is 9.95. The Bertz CT molecular complexity index is 716. The quantitative estimate of drug-likeness (QED) is 0.900. The zero-order valence-electron chi connectivity index (χ0n) is 14.5. The van der Waals surface area contributed by atoms with Gasteiger partial charge in [0.15, 0.2) is 5.13 Å². The molecule has 1 N–H and O–H groups in total. The Balaban J connectivity index is 1.65. The van der Waals surface area contributed by atoms with Crippen LogP contribution in [0, 0.1) is 5.82 Å². The fourth-order valence-corrected chi connectivity index (χ4v) is 3.81. The summed E-state index contributed by atoms with van der Waals surface area (Å²) in [6.45, 7) is 1.13. The van der Waals surface area contributed by atoms with Crippen molar-refractivity contribution in [2.75, 3.05) is 25.5 Å². The Morgan fingerprint density at radius 3 is 2.80 bits per heavy atom. The lowest BCUT2D eigenvalue weighted by Crippen LogP contribution is -2.44. The molecule has 1 fully saturated rings. The van der Waals surface area contributed by atoms with Crippen molar-refractivity contribution in [3.05, 3.63) is 46.7 Å². The molecule has 2 aromatic rings. The van der Waals surface area contributed by atoms with Crippen molar-refractivity contribution < 1.29 is 9.18 Å². The summed E-state index contributed by atoms with van der Waals surface area (Å²) in [6, 6.07) is 6.37. The average molecular weight is 362 g/mol. The van der Waals surface area contributed by atoms with Gasteiger partial charge in [0.2, 0.25) is 0 Å². The molecular formula is C18H23FN4OS. The number of halogens is 1. The van der Waals surface area contributed by atoms with E-state index in [0.29, 0.717) is 13.1 Å². The van der Waals surface area contributed by atoms with Gasteiger partial charge in [-0.15, -0.1) is 11.3 Å². The number of urea groups is 1. The van der Waals surface area contributed by atoms with E-state index in [0.717, 1.165) is 35.7 Å². The maximum atomic E-state index is 13.2. The number of likely N-dealkylation sites (tertiary alicyclic amines) is 1. The van der Waals surface area contributed by atoms with Gasteiger partial charge >= 0.3 is 6.03 Å². The molecule has 1 saturated heterocycles. The van der Waals surface area contributed by atoms with Gasteiger partial charge in [0, 0.05) is 26.0 Å². The molecule has 0 unspecified atom stereocenters. The molecule has 0 bridgehead atoms. The highest BCUT2D eigenvalue weighted by Gasteiger charge is 2.27. The van der Waals surface area contributed by atoms with Crippen LogP contribution >= 0.6 is 11.3 Å². The smallest absolute Gasteiger partial charge is 0.318 e. The summed E-state index contributed by atoms with van der Waals surface area (Å²) < 4.78 is 13.2. The van der Waals surface area contributed by atoms with Crippen LogP contribution < -0.4 is 10.2 Å². The van der Waals surface area contributed by atoms with E-state index >= 15 is 0 Å². The van der Waals surface area contributed by atoms with Crippen LogP contribution in [0.5, 0.6) is 0 Å². The summed E-state index contributed by atoms with van der Waals surface area (Å²) in [6.07, 6.45) is 2.97. The molecule has 1 atom stereocenters. The number of hydrogen-bond acceptors (Lipinski definition) is 4. The summed E-state index contributed by atoms with van der Waals surface area (Å²) in [4.78, 5) is 21.0. The van der Waals surface area contributed by atoms with Crippen molar-refractivity contribution in [1.29, 1.82) is 0 Å². The van der Waals surface area contributed by atoms with Crippen LogP contribution in [0.1, 0.15) is 36.6 Å². The predicted molar refractivity (Wildman–Crippen MR) is 98.4 cm³/mol. The Labute approximate surface area is 151 Å². The third-order valence-electron chi connectivity index (χ3n) is 4.36. The van der Waals surface area contributed by atoms with Gasteiger partial charge in [-0.3, -0.25) is 0 Å². The zero-order valence-corrected chi connectivity index (χ0v) is 15.4. The number of rotatable bonds is 4. The minimum absolute atomic E-state index is 0.00196. The van der Waals surface area contributed by atoms with Crippen LogP contribution in [0.2, 0.25) is 0 Å². The molecule has 134 valence electrons. The van der Waals surface area contributed by atoms with E-state index in [1.54, 1.807) is 23.5 Å². The number of carbonyl (C=O) groups excluding carboxylic acids is 1. The number of piperidine rings is 1. The summed E-state index contributed by atoms with van der Waals surface area (Å²) in [5.74, 6) is -0.254. The molecule has 3 rings (SSSR count). The molecular weight excluding hydrogens is 339 g/mol. The molecule has 0 aliphatic carbocycles. The van der Waals surface area contributed by atoms with E-state index in [-0.39, 0.29) is 17.9 Å². The summed E-state index contributed by atoms with van der Waals surface area (Å²) in [7, 11) is 3.89. The lowest BCUT2D eigenvalue weighted by molar-refractivity contribution is 0.151. The number of hydrogen-bond donors (Lipinski definition) is 1. The van der Waals surface area contributed by atoms with Crippen molar-refractivity contribution in [3.8, 4) is 0 Å². The molecule has 2 amide bonds. The van der Waals surface area contributed by atoms with Crippen LogP contribution in [-0.4, -0.2) is 36.6 Å². The molecule has 2 heterocycles. The second-order valence-electron chi connectivity index (χ2n) is 6.43. The first-order valence-corrected chi connectivity index (χ1v) is 9.34. The largest absolute Gasteiger partial charge is 0.354 e. The van der Waals surface area contributed by atoms with Crippen LogP contribution in [0.25, 0.3) is 0 Å². The fraction of sp³-hybridized carbons (Fsp3) is 0.444. The van der Waals surface area contributed by atoms with Crippen LogP contribution in [-0.2, 0) is 6.54 Å². The topological polar surface area (TPSA) is 48.5 Å². The summed E-state index contributed by atoms with van der Waals surface area (Å²) in [5.41, 5.74) is 1.84. The number of anilines is 1. The number of nitrogens with one attached hydrogen (secondary N) is 1. The van der Waals surface area contributed by atoms with E-state index in [9.17, 15) is 9.18 Å². The van der Waals surface area contributed by atoms with Gasteiger partial charge in [0.1, 0.15) is 5.82 Å². The molecule has 1 aromatic carbocycles. The van der Waals surface area contributed by atoms with Gasteiger partial charge < -0.3 is 15.1 Å². The predicted octanol–water partition coefficient (Wildman–Crippen LogP) is 3.79. The summed E-state index contributed by atoms with van der Waals surface area (Å²) >= 11 is 1.56. The third kappa shape index (κ3) is 4.28. The average Bonchev–Trinajstić information content (AvgIpc) is 3.10. The molecule has 0 saturated carbocycles. The molecule has 0 radical (unpaired) electrons. The number of nitrogens with zero attached hydrogens (tertiary/aromatic N) is 3. The molecule has 1 aliphatic heterocycles. The van der Waals surface area contributed by atoms with Crippen molar-refractivity contribution in [1.82, 2.24) is 15.2 Å². The number of amides is 2. The lowest BCUT2D eigenvalue weighted by Gasteiger charge is -2.36. The molecule has 25 heavy (non-hydrogen) atoms. The molecule has 0 spiro atoms. The van der Waals surface area contributed by atoms with Gasteiger partial charge in [0.05, 0.1) is 18.3 Å². The van der Waals surface area contributed by atoms with Gasteiger partial charge in [-0.05, 0) is 37.0 Å². The Morgan fingerprint density at radius 2 is 2.12 bits per heavy atom. The summed E-state index contributed by atoms with van der Waals surface area (Å²) in [5, 5.41) is 5.85. The van der Waals surface area contributed by atoms with Gasteiger partial charge in [-0.1, -0.05) is 12.1 Å². The van der Waals surface area contributed by atoms with E-state index < -0.39 is 0 Å². The van der Waals surface area contributed by atoms with Gasteiger partial charge in [-0.2, -0.15) is 0 Å². The van der Waals surface area contributed by atoms with E-state index in [1.807, 2.05) is 29.3 Å². The van der Waals surface area contributed by atoms with E-state index in [1.165, 1.54) is 12.1 Å². The number of thiazole rings is 1. The van der Waals surface area contributed by atoms with Crippen LogP contribution in [0.15, 0.2) is 29.6 Å². The number of aromatic nitrogens is 1. The SMILES string of the molecule is CN(C)c1nc(CNC(=O)N2CCCC[C@@H]2c2ccc(F)cc2)cs1. The van der Waals surface area contributed by atoms with Gasteiger partial charge in [-0.25, -0.2) is 14.2 Å². The third-order valence-corrected chi connectivity index (χ3v) is 5.42. The highest BCUT2D eigenvalue weighted by atomic mass is 32.1. The number of carbonyl (C=O) groups is 1. The van der Waals surface area contributed by atoms with Crippen molar-refractivity contribution in [2.24, 2.45) is 0 Å². The highest BCUT2D eigenvalue weighted by molar-refractivity contribution is 7.13. The van der Waals surface area contributed by atoms with Crippen molar-refractivity contribution in [3.63, 3.8) is 0 Å². The Kier molecular flexibility index (Phi) is 5.53. The molecule has 1 aliphatic rings. The molecule has 7 heteroatoms. The molecule has 1 aromatic heterocycles. The van der Waals surface area contributed by atoms with Gasteiger partial charge in [0.25, 0.3) is 0 Å². The van der Waals surface area contributed by atoms with Crippen LogP contribution in [0.3, 0.4) is 0 Å². The Morgan fingerprint density at radius 1 is 1.36 bits per heavy atom. The first kappa shape index (κ1) is 17.7. The maximum absolute atomic E-state index is 13.2. The first-order valence-electron chi connectivity index (χ1n) is 8.46. The Hall–Kier alpha value is -2.15.